The molecule has 2 heterocycles. The third-order valence-corrected chi connectivity index (χ3v) is 6.67. The first kappa shape index (κ1) is 19.4. The van der Waals surface area contributed by atoms with Crippen LogP contribution in [0.2, 0.25) is 0 Å². The standard InChI is InChI=1S/C19H20F2N4OS/c1-18(14-8-7-13(10-22)27-14)15(16(26)25(3)17(23)24-18)11-5-4-6-12(9-11)19(2,20)21/h4-7,9,14-15H,8H2,1-3H3,(H2,23,24)/t14?,15-,18+/m0/s1. The van der Waals surface area contributed by atoms with Crippen molar-refractivity contribution in [3.8, 4) is 6.07 Å². The van der Waals surface area contributed by atoms with Crippen molar-refractivity contribution in [1.82, 2.24) is 10.2 Å². The van der Waals surface area contributed by atoms with Crippen molar-refractivity contribution in [2.75, 3.05) is 7.05 Å². The number of guanidine groups is 1. The molecule has 1 saturated heterocycles. The second-order valence-corrected chi connectivity index (χ2v) is 8.37. The Morgan fingerprint density at radius 3 is 2.78 bits per heavy atom. The fourth-order valence-electron chi connectivity index (χ4n) is 3.62. The first-order valence-corrected chi connectivity index (χ1v) is 9.35. The molecule has 1 aromatic rings. The van der Waals surface area contributed by atoms with E-state index < -0.39 is 17.4 Å². The number of nitrogens with one attached hydrogen (secondary N) is 2. The average Bonchev–Trinajstić information content (AvgIpc) is 3.09. The van der Waals surface area contributed by atoms with Crippen LogP contribution in [0.25, 0.3) is 0 Å². The van der Waals surface area contributed by atoms with Crippen molar-refractivity contribution < 1.29 is 13.6 Å². The molecular weight excluding hydrogens is 370 g/mol. The Bertz CT molecular complexity index is 873. The summed E-state index contributed by atoms with van der Waals surface area (Å²) in [6, 6.07) is 8.01. The zero-order valence-electron chi connectivity index (χ0n) is 15.2. The predicted octanol–water partition coefficient (Wildman–Crippen LogP) is 3.55. The van der Waals surface area contributed by atoms with Crippen LogP contribution >= 0.6 is 11.8 Å². The highest BCUT2D eigenvalue weighted by molar-refractivity contribution is 8.04. The first-order chi connectivity index (χ1) is 12.6. The number of benzene rings is 1. The van der Waals surface area contributed by atoms with Gasteiger partial charge in [0.1, 0.15) is 6.07 Å². The molecule has 142 valence electrons. The molecule has 1 aromatic carbocycles. The lowest BCUT2D eigenvalue weighted by atomic mass is 9.74. The molecule has 0 bridgehead atoms. The number of carbonyl (C=O) groups is 1. The topological polar surface area (TPSA) is 80.0 Å². The Hall–Kier alpha value is -2.40. The number of thioether (sulfide) groups is 1. The Morgan fingerprint density at radius 1 is 1.48 bits per heavy atom. The molecule has 1 amide bonds. The molecule has 0 saturated carbocycles. The summed E-state index contributed by atoms with van der Waals surface area (Å²) in [7, 11) is 1.49. The molecule has 8 heteroatoms. The van der Waals surface area contributed by atoms with E-state index in [0.717, 1.165) is 6.92 Å². The van der Waals surface area contributed by atoms with Gasteiger partial charge in [0.15, 0.2) is 5.96 Å². The Labute approximate surface area is 160 Å². The van der Waals surface area contributed by atoms with E-state index in [9.17, 15) is 13.6 Å². The van der Waals surface area contributed by atoms with E-state index in [1.807, 2.05) is 13.0 Å². The number of amides is 1. The van der Waals surface area contributed by atoms with Crippen LogP contribution in [-0.2, 0) is 10.7 Å². The molecule has 1 unspecified atom stereocenters. The summed E-state index contributed by atoms with van der Waals surface area (Å²) in [5.74, 6) is -4.15. The maximum Gasteiger partial charge on any atom is 0.270 e. The molecule has 0 aliphatic carbocycles. The van der Waals surface area contributed by atoms with Gasteiger partial charge in [-0.25, -0.2) is 8.78 Å². The van der Waals surface area contributed by atoms with Crippen molar-refractivity contribution in [3.63, 3.8) is 0 Å². The Kier molecular flexibility index (Phi) is 4.76. The molecule has 2 N–H and O–H groups in total. The van der Waals surface area contributed by atoms with Gasteiger partial charge in [0.25, 0.3) is 5.92 Å². The highest BCUT2D eigenvalue weighted by atomic mass is 32.2. The SMILES string of the molecule is CN1C(=N)N[C@](C)(C2CC=C(C#N)S2)[C@@H](c2cccc(C(C)(F)F)c2)C1=O. The van der Waals surface area contributed by atoms with Gasteiger partial charge in [0.05, 0.1) is 16.4 Å². The van der Waals surface area contributed by atoms with Crippen LogP contribution in [0.1, 0.15) is 37.3 Å². The number of nitriles is 1. The molecule has 3 atom stereocenters. The smallest absolute Gasteiger partial charge is 0.270 e. The maximum atomic E-state index is 13.8. The van der Waals surface area contributed by atoms with Gasteiger partial charge in [-0.15, -0.1) is 11.8 Å². The highest BCUT2D eigenvalue weighted by Crippen LogP contribution is 2.46. The number of rotatable bonds is 3. The van der Waals surface area contributed by atoms with E-state index in [-0.39, 0.29) is 22.7 Å². The van der Waals surface area contributed by atoms with E-state index in [0.29, 0.717) is 16.9 Å². The molecular formula is C19H20F2N4OS. The van der Waals surface area contributed by atoms with Crippen LogP contribution in [0.15, 0.2) is 35.2 Å². The second kappa shape index (κ2) is 6.64. The van der Waals surface area contributed by atoms with Crippen molar-refractivity contribution in [2.45, 2.75) is 42.9 Å². The summed E-state index contributed by atoms with van der Waals surface area (Å²) in [5.41, 5.74) is -0.588. The largest absolute Gasteiger partial charge is 0.349 e. The first-order valence-electron chi connectivity index (χ1n) is 8.47. The van der Waals surface area contributed by atoms with Crippen molar-refractivity contribution in [3.05, 3.63) is 46.4 Å². The predicted molar refractivity (Wildman–Crippen MR) is 100 cm³/mol. The van der Waals surface area contributed by atoms with E-state index >= 15 is 0 Å². The quantitative estimate of drug-likeness (QED) is 0.827. The fourth-order valence-corrected chi connectivity index (χ4v) is 4.80. The normalized spacial score (nSPS) is 28.6. The monoisotopic (exact) mass is 390 g/mol. The van der Waals surface area contributed by atoms with Crippen molar-refractivity contribution in [2.24, 2.45) is 0 Å². The van der Waals surface area contributed by atoms with Crippen LogP contribution in [0.5, 0.6) is 0 Å². The number of hydrogen-bond acceptors (Lipinski definition) is 4. The third-order valence-electron chi connectivity index (χ3n) is 5.19. The third kappa shape index (κ3) is 3.32. The zero-order valence-corrected chi connectivity index (χ0v) is 16.0. The minimum atomic E-state index is -3.02. The van der Waals surface area contributed by atoms with E-state index in [1.165, 1.54) is 41.9 Å². The fraction of sp³-hybridized carbons (Fsp3) is 0.421. The molecule has 2 aliphatic rings. The van der Waals surface area contributed by atoms with Gasteiger partial charge in [0, 0.05) is 24.8 Å². The number of hydrogen-bond donors (Lipinski definition) is 2. The summed E-state index contributed by atoms with van der Waals surface area (Å²) in [5, 5.41) is 20.2. The van der Waals surface area contributed by atoms with Gasteiger partial charge in [-0.05, 0) is 25.0 Å². The Balaban J connectivity index is 2.08. The molecule has 2 aliphatic heterocycles. The van der Waals surface area contributed by atoms with Crippen LogP contribution in [0, 0.1) is 16.7 Å². The number of nitrogens with zero attached hydrogens (tertiary/aromatic N) is 2. The van der Waals surface area contributed by atoms with Crippen molar-refractivity contribution >= 4 is 23.6 Å². The van der Waals surface area contributed by atoms with E-state index in [1.54, 1.807) is 6.07 Å². The summed E-state index contributed by atoms with van der Waals surface area (Å²) < 4.78 is 27.7. The number of alkyl halides is 2. The molecule has 0 radical (unpaired) electrons. The molecule has 0 spiro atoms. The average molecular weight is 390 g/mol. The van der Waals surface area contributed by atoms with Crippen LogP contribution < -0.4 is 5.32 Å². The lowest BCUT2D eigenvalue weighted by Gasteiger charge is -2.48. The van der Waals surface area contributed by atoms with Gasteiger partial charge in [0.2, 0.25) is 5.91 Å². The van der Waals surface area contributed by atoms with Gasteiger partial charge in [-0.2, -0.15) is 5.26 Å². The van der Waals surface area contributed by atoms with Gasteiger partial charge in [-0.1, -0.05) is 24.3 Å². The number of carbonyl (C=O) groups excluding carboxylic acids is 1. The van der Waals surface area contributed by atoms with Gasteiger partial charge in [-0.3, -0.25) is 15.1 Å². The minimum absolute atomic E-state index is 0.0401. The molecule has 5 nitrogen and oxygen atoms in total. The van der Waals surface area contributed by atoms with E-state index in [2.05, 4.69) is 11.4 Å². The lowest BCUT2D eigenvalue weighted by Crippen LogP contribution is -2.67. The van der Waals surface area contributed by atoms with Crippen LogP contribution in [0.3, 0.4) is 0 Å². The Morgan fingerprint density at radius 2 is 2.19 bits per heavy atom. The zero-order chi connectivity index (χ0) is 20.0. The molecule has 0 aromatic heterocycles. The minimum Gasteiger partial charge on any atom is -0.349 e. The summed E-state index contributed by atoms with van der Waals surface area (Å²) in [4.78, 5) is 14.8. The summed E-state index contributed by atoms with van der Waals surface area (Å²) in [6.45, 7) is 2.64. The summed E-state index contributed by atoms with van der Waals surface area (Å²) >= 11 is 1.35. The van der Waals surface area contributed by atoms with Gasteiger partial charge >= 0.3 is 0 Å². The number of likely N-dealkylation sites (N-methyl/N-ethyl adjacent to an activating group) is 1. The van der Waals surface area contributed by atoms with Crippen molar-refractivity contribution in [1.29, 1.82) is 10.7 Å². The lowest BCUT2D eigenvalue weighted by molar-refractivity contribution is -0.131. The number of allylic oxidation sites excluding steroid dienone is 2. The summed E-state index contributed by atoms with van der Waals surface area (Å²) in [6.07, 6.45) is 2.36. The van der Waals surface area contributed by atoms with Gasteiger partial charge < -0.3 is 5.32 Å². The molecule has 27 heavy (non-hydrogen) atoms. The second-order valence-electron chi connectivity index (χ2n) is 7.12. The molecule has 1 fully saturated rings. The molecule has 3 rings (SSSR count). The van der Waals surface area contributed by atoms with E-state index in [4.69, 9.17) is 10.7 Å². The number of halogens is 2. The highest BCUT2D eigenvalue weighted by Gasteiger charge is 2.52. The van der Waals surface area contributed by atoms with Crippen LogP contribution in [-0.4, -0.2) is 34.6 Å². The maximum absolute atomic E-state index is 13.8. The van der Waals surface area contributed by atoms with Crippen LogP contribution in [0.4, 0.5) is 8.78 Å².